The van der Waals surface area contributed by atoms with E-state index >= 15 is 0 Å². The quantitative estimate of drug-likeness (QED) is 0.427. The largest absolute Gasteiger partial charge is 0.462 e. The molecule has 0 aliphatic rings. The van der Waals surface area contributed by atoms with Gasteiger partial charge in [0.25, 0.3) is 11.5 Å². The highest BCUT2D eigenvalue weighted by atomic mass is 32.1. The molecule has 2 heterocycles. The second kappa shape index (κ2) is 9.86. The standard InChI is InChI=1S/C23H26N4O4S/c1-6-7-12-31-23(30)16-8-10-17(11-9-16)25-20(28)19-15(4)24-21(32-19)18-13(2)14(3)26-27(5)22(18)29/h8-11H,6-7,12H2,1-5H3,(H,25,28). The van der Waals surface area contributed by atoms with E-state index in [1.165, 1.54) is 16.0 Å². The summed E-state index contributed by atoms with van der Waals surface area (Å²) in [6, 6.07) is 6.53. The third kappa shape index (κ3) is 4.94. The molecule has 32 heavy (non-hydrogen) atoms. The number of nitrogens with one attached hydrogen (secondary N) is 1. The lowest BCUT2D eigenvalue weighted by molar-refractivity contribution is 0.0499. The summed E-state index contributed by atoms with van der Waals surface area (Å²) in [6.45, 7) is 7.80. The number of rotatable bonds is 7. The monoisotopic (exact) mass is 454 g/mol. The summed E-state index contributed by atoms with van der Waals surface area (Å²) in [4.78, 5) is 42.4. The van der Waals surface area contributed by atoms with Crippen molar-refractivity contribution in [1.82, 2.24) is 14.8 Å². The summed E-state index contributed by atoms with van der Waals surface area (Å²) in [7, 11) is 1.59. The zero-order valence-corrected chi connectivity index (χ0v) is 19.6. The van der Waals surface area contributed by atoms with Crippen molar-refractivity contribution < 1.29 is 14.3 Å². The molecule has 0 spiro atoms. The van der Waals surface area contributed by atoms with Crippen molar-refractivity contribution in [2.24, 2.45) is 7.05 Å². The summed E-state index contributed by atoms with van der Waals surface area (Å²) in [5.74, 6) is -0.714. The molecule has 1 amide bonds. The van der Waals surface area contributed by atoms with Crippen LogP contribution in [-0.4, -0.2) is 33.2 Å². The van der Waals surface area contributed by atoms with Crippen molar-refractivity contribution in [2.75, 3.05) is 11.9 Å². The van der Waals surface area contributed by atoms with Crippen LogP contribution in [0.5, 0.6) is 0 Å². The molecule has 0 unspecified atom stereocenters. The molecule has 8 nitrogen and oxygen atoms in total. The normalized spacial score (nSPS) is 10.8. The lowest BCUT2D eigenvalue weighted by atomic mass is 10.1. The van der Waals surface area contributed by atoms with E-state index in [0.29, 0.717) is 39.0 Å². The van der Waals surface area contributed by atoms with Crippen LogP contribution in [0.15, 0.2) is 29.1 Å². The highest BCUT2D eigenvalue weighted by molar-refractivity contribution is 7.17. The number of ether oxygens (including phenoxy) is 1. The molecule has 0 atom stereocenters. The number of aromatic nitrogens is 3. The van der Waals surface area contributed by atoms with E-state index in [2.05, 4.69) is 15.4 Å². The summed E-state index contributed by atoms with van der Waals surface area (Å²) < 4.78 is 6.47. The predicted molar refractivity (Wildman–Crippen MR) is 124 cm³/mol. The minimum absolute atomic E-state index is 0.254. The van der Waals surface area contributed by atoms with E-state index in [0.717, 1.165) is 24.1 Å². The number of benzene rings is 1. The molecule has 3 aromatic rings. The van der Waals surface area contributed by atoms with Gasteiger partial charge in [-0.05, 0) is 57.0 Å². The van der Waals surface area contributed by atoms with Crippen LogP contribution in [0.3, 0.4) is 0 Å². The van der Waals surface area contributed by atoms with Gasteiger partial charge in [0, 0.05) is 12.7 Å². The Balaban J connectivity index is 1.78. The van der Waals surface area contributed by atoms with Crippen LogP contribution in [0, 0.1) is 20.8 Å². The van der Waals surface area contributed by atoms with Crippen LogP contribution in [0.25, 0.3) is 10.6 Å². The van der Waals surface area contributed by atoms with Crippen molar-refractivity contribution in [3.63, 3.8) is 0 Å². The first-order valence-electron chi connectivity index (χ1n) is 10.3. The fourth-order valence-electron chi connectivity index (χ4n) is 3.08. The van der Waals surface area contributed by atoms with Gasteiger partial charge in [-0.15, -0.1) is 11.3 Å². The Hall–Kier alpha value is -3.33. The molecule has 9 heteroatoms. The number of aryl methyl sites for hydroxylation is 3. The van der Waals surface area contributed by atoms with E-state index in [-0.39, 0.29) is 17.4 Å². The molecule has 0 saturated heterocycles. The number of esters is 1. The Kier molecular flexibility index (Phi) is 7.19. The number of amides is 1. The van der Waals surface area contributed by atoms with Crippen molar-refractivity contribution in [2.45, 2.75) is 40.5 Å². The maximum absolute atomic E-state index is 12.8. The molecule has 0 fully saturated rings. The number of carbonyl (C=O) groups is 2. The molecule has 0 aliphatic heterocycles. The fourth-order valence-corrected chi connectivity index (χ4v) is 4.14. The lowest BCUT2D eigenvalue weighted by Crippen LogP contribution is -2.23. The van der Waals surface area contributed by atoms with Gasteiger partial charge in [-0.3, -0.25) is 9.59 Å². The molecule has 2 aromatic heterocycles. The first kappa shape index (κ1) is 23.3. The lowest BCUT2D eigenvalue weighted by Gasteiger charge is -2.07. The number of unbranched alkanes of at least 4 members (excludes halogenated alkanes) is 1. The molecule has 1 N–H and O–H groups in total. The molecule has 0 aliphatic carbocycles. The van der Waals surface area contributed by atoms with E-state index in [9.17, 15) is 14.4 Å². The maximum atomic E-state index is 12.8. The summed E-state index contributed by atoms with van der Waals surface area (Å²) in [5, 5.41) is 7.49. The predicted octanol–water partition coefficient (Wildman–Crippen LogP) is 4.04. The molecule has 3 rings (SSSR count). The average molecular weight is 455 g/mol. The van der Waals surface area contributed by atoms with Crippen molar-refractivity contribution in [3.8, 4) is 10.6 Å². The van der Waals surface area contributed by atoms with Crippen molar-refractivity contribution in [3.05, 3.63) is 62.0 Å². The number of anilines is 1. The second-order valence-corrected chi connectivity index (χ2v) is 8.47. The van der Waals surface area contributed by atoms with Gasteiger partial charge in [0.05, 0.1) is 29.1 Å². The topological polar surface area (TPSA) is 103 Å². The molecule has 0 radical (unpaired) electrons. The molecular weight excluding hydrogens is 428 g/mol. The van der Waals surface area contributed by atoms with Crippen molar-refractivity contribution in [1.29, 1.82) is 0 Å². The van der Waals surface area contributed by atoms with Crippen LogP contribution in [0.2, 0.25) is 0 Å². The number of hydrogen-bond donors (Lipinski definition) is 1. The van der Waals surface area contributed by atoms with Crippen LogP contribution < -0.4 is 10.9 Å². The first-order chi connectivity index (χ1) is 15.2. The van der Waals surface area contributed by atoms with Gasteiger partial charge in [-0.2, -0.15) is 5.10 Å². The van der Waals surface area contributed by atoms with Gasteiger partial charge >= 0.3 is 5.97 Å². The number of hydrogen-bond acceptors (Lipinski definition) is 7. The van der Waals surface area contributed by atoms with E-state index < -0.39 is 0 Å². The SMILES string of the molecule is CCCCOC(=O)c1ccc(NC(=O)c2sc(-c3c(C)c(C)nn(C)c3=O)nc2C)cc1. The number of thiazole rings is 1. The Morgan fingerprint density at radius 3 is 2.47 bits per heavy atom. The van der Waals surface area contributed by atoms with Crippen molar-refractivity contribution >= 4 is 28.9 Å². The zero-order chi connectivity index (χ0) is 23.4. The summed E-state index contributed by atoms with van der Waals surface area (Å²) >= 11 is 1.17. The highest BCUT2D eigenvalue weighted by Crippen LogP contribution is 2.29. The average Bonchev–Trinajstić information content (AvgIpc) is 3.14. The minimum atomic E-state index is -0.385. The maximum Gasteiger partial charge on any atom is 0.338 e. The summed E-state index contributed by atoms with van der Waals surface area (Å²) in [6.07, 6.45) is 1.77. The van der Waals surface area contributed by atoms with E-state index in [4.69, 9.17) is 4.74 Å². The van der Waals surface area contributed by atoms with Gasteiger partial charge < -0.3 is 10.1 Å². The van der Waals surface area contributed by atoms with Gasteiger partial charge in [0.1, 0.15) is 9.88 Å². The zero-order valence-electron chi connectivity index (χ0n) is 18.8. The van der Waals surface area contributed by atoms with Gasteiger partial charge in [0.2, 0.25) is 0 Å². The van der Waals surface area contributed by atoms with Crippen LogP contribution >= 0.6 is 11.3 Å². The molecule has 168 valence electrons. The molecule has 0 saturated carbocycles. The van der Waals surface area contributed by atoms with E-state index in [1.807, 2.05) is 20.8 Å². The van der Waals surface area contributed by atoms with Crippen LogP contribution in [-0.2, 0) is 11.8 Å². The fraction of sp³-hybridized carbons (Fsp3) is 0.348. The first-order valence-corrected chi connectivity index (χ1v) is 11.2. The number of nitrogens with zero attached hydrogens (tertiary/aromatic N) is 3. The second-order valence-electron chi connectivity index (χ2n) is 7.47. The Bertz CT molecular complexity index is 1210. The summed E-state index contributed by atoms with van der Waals surface area (Å²) in [5.41, 5.74) is 3.18. The van der Waals surface area contributed by atoms with Gasteiger partial charge in [-0.1, -0.05) is 13.3 Å². The Morgan fingerprint density at radius 2 is 1.81 bits per heavy atom. The van der Waals surface area contributed by atoms with E-state index in [1.54, 1.807) is 38.2 Å². The van der Waals surface area contributed by atoms with Gasteiger partial charge in [0.15, 0.2) is 0 Å². The highest BCUT2D eigenvalue weighted by Gasteiger charge is 2.21. The van der Waals surface area contributed by atoms with Crippen LogP contribution in [0.4, 0.5) is 5.69 Å². The third-order valence-electron chi connectivity index (χ3n) is 5.05. The smallest absolute Gasteiger partial charge is 0.338 e. The third-order valence-corrected chi connectivity index (χ3v) is 6.23. The molecule has 0 bridgehead atoms. The Labute approximate surface area is 190 Å². The Morgan fingerprint density at radius 1 is 1.12 bits per heavy atom. The van der Waals surface area contributed by atoms with Gasteiger partial charge in [-0.25, -0.2) is 14.5 Å². The number of carbonyl (C=O) groups excluding carboxylic acids is 2. The molecular formula is C23H26N4O4S. The minimum Gasteiger partial charge on any atom is -0.462 e. The van der Waals surface area contributed by atoms with Crippen LogP contribution in [0.1, 0.15) is 56.7 Å². The molecule has 1 aromatic carbocycles.